The number of carbonyl (C=O) groups is 3. The molecular formula is C24H26N2O3. The number of amides is 3. The molecular weight excluding hydrogens is 364 g/mol. The lowest BCUT2D eigenvalue weighted by atomic mass is 9.90. The van der Waals surface area contributed by atoms with Crippen LogP contribution in [0, 0.1) is 5.92 Å². The van der Waals surface area contributed by atoms with E-state index in [1.54, 1.807) is 12.1 Å². The molecule has 1 fully saturated rings. The Labute approximate surface area is 171 Å². The third kappa shape index (κ3) is 4.39. The number of hydrogen-bond donors (Lipinski definition) is 0. The molecule has 1 saturated heterocycles. The molecule has 0 spiro atoms. The van der Waals surface area contributed by atoms with E-state index in [-0.39, 0.29) is 37.1 Å². The average molecular weight is 390 g/mol. The summed E-state index contributed by atoms with van der Waals surface area (Å²) < 4.78 is 0. The monoisotopic (exact) mass is 390 g/mol. The summed E-state index contributed by atoms with van der Waals surface area (Å²) in [6.45, 7) is 1.66. The summed E-state index contributed by atoms with van der Waals surface area (Å²) in [5.41, 5.74) is 2.69. The van der Waals surface area contributed by atoms with Gasteiger partial charge in [0.05, 0.1) is 6.42 Å². The smallest absolute Gasteiger partial charge is 0.260 e. The number of benzene rings is 2. The van der Waals surface area contributed by atoms with E-state index in [1.165, 1.54) is 10.5 Å². The van der Waals surface area contributed by atoms with Crippen LogP contribution < -0.4 is 0 Å². The highest BCUT2D eigenvalue weighted by Crippen LogP contribution is 2.23. The maximum Gasteiger partial charge on any atom is 0.260 e. The van der Waals surface area contributed by atoms with Crippen molar-refractivity contribution in [1.29, 1.82) is 0 Å². The first-order chi connectivity index (χ1) is 14.1. The summed E-state index contributed by atoms with van der Waals surface area (Å²) in [4.78, 5) is 40.7. The van der Waals surface area contributed by atoms with E-state index in [2.05, 4.69) is 24.3 Å². The second kappa shape index (κ2) is 8.60. The molecule has 5 heteroatoms. The predicted molar refractivity (Wildman–Crippen MR) is 110 cm³/mol. The highest BCUT2D eigenvalue weighted by Gasteiger charge is 2.31. The van der Waals surface area contributed by atoms with Crippen molar-refractivity contribution in [3.63, 3.8) is 0 Å². The molecule has 0 aliphatic carbocycles. The Balaban J connectivity index is 1.27. The molecule has 2 aromatic rings. The number of nitrogens with zero attached hydrogens (tertiary/aromatic N) is 2. The Morgan fingerprint density at radius 2 is 1.62 bits per heavy atom. The van der Waals surface area contributed by atoms with Gasteiger partial charge < -0.3 is 4.90 Å². The minimum atomic E-state index is -0.286. The van der Waals surface area contributed by atoms with E-state index in [0.29, 0.717) is 11.5 Å². The molecule has 0 N–H and O–H groups in total. The van der Waals surface area contributed by atoms with E-state index in [1.807, 2.05) is 23.1 Å². The summed E-state index contributed by atoms with van der Waals surface area (Å²) in [5.74, 6) is 0.125. The van der Waals surface area contributed by atoms with Crippen molar-refractivity contribution in [3.8, 4) is 0 Å². The quantitative estimate of drug-likeness (QED) is 0.737. The first-order valence-corrected chi connectivity index (χ1v) is 10.4. The number of likely N-dealkylation sites (tertiary alicyclic amines) is 1. The third-order valence-corrected chi connectivity index (χ3v) is 6.02. The van der Waals surface area contributed by atoms with Crippen molar-refractivity contribution < 1.29 is 14.4 Å². The van der Waals surface area contributed by atoms with Crippen LogP contribution in [0.5, 0.6) is 0 Å². The van der Waals surface area contributed by atoms with Gasteiger partial charge in [-0.3, -0.25) is 19.3 Å². The second-order valence-electron chi connectivity index (χ2n) is 7.95. The zero-order chi connectivity index (χ0) is 20.2. The molecule has 5 nitrogen and oxygen atoms in total. The van der Waals surface area contributed by atoms with E-state index in [4.69, 9.17) is 0 Å². The van der Waals surface area contributed by atoms with Gasteiger partial charge >= 0.3 is 0 Å². The van der Waals surface area contributed by atoms with Crippen LogP contribution in [0.4, 0.5) is 0 Å². The number of rotatable bonds is 5. The minimum Gasteiger partial charge on any atom is -0.343 e. The number of piperidine rings is 1. The van der Waals surface area contributed by atoms with Crippen LogP contribution in [0.1, 0.15) is 40.7 Å². The second-order valence-corrected chi connectivity index (χ2v) is 7.95. The highest BCUT2D eigenvalue weighted by molar-refractivity contribution is 6.09. The highest BCUT2D eigenvalue weighted by atomic mass is 16.2. The molecule has 2 aliphatic rings. The van der Waals surface area contributed by atoms with Gasteiger partial charge in [-0.1, -0.05) is 48.5 Å². The molecule has 0 unspecified atom stereocenters. The maximum absolute atomic E-state index is 12.6. The first-order valence-electron chi connectivity index (χ1n) is 10.4. The van der Waals surface area contributed by atoms with Gasteiger partial charge in [-0.25, -0.2) is 0 Å². The van der Waals surface area contributed by atoms with Crippen LogP contribution in [0.3, 0.4) is 0 Å². The molecule has 0 aromatic heterocycles. The lowest BCUT2D eigenvalue weighted by molar-refractivity contribution is -0.134. The SMILES string of the molecule is O=C(CCN1C(=O)Cc2ccccc2C1=O)N1CCC(Cc2ccccc2)CC1. The van der Waals surface area contributed by atoms with Crippen molar-refractivity contribution in [2.24, 2.45) is 5.92 Å². The Morgan fingerprint density at radius 3 is 2.38 bits per heavy atom. The average Bonchev–Trinajstić information content (AvgIpc) is 2.75. The molecule has 4 rings (SSSR count). The zero-order valence-electron chi connectivity index (χ0n) is 16.5. The molecule has 0 radical (unpaired) electrons. The van der Waals surface area contributed by atoms with Crippen molar-refractivity contribution in [3.05, 3.63) is 71.3 Å². The molecule has 0 bridgehead atoms. The van der Waals surface area contributed by atoms with Crippen LogP contribution in [0.25, 0.3) is 0 Å². The van der Waals surface area contributed by atoms with Gasteiger partial charge in [0.15, 0.2) is 0 Å². The molecule has 2 heterocycles. The fourth-order valence-electron chi connectivity index (χ4n) is 4.33. The molecule has 150 valence electrons. The minimum absolute atomic E-state index is 0.0302. The Hall–Kier alpha value is -2.95. The lowest BCUT2D eigenvalue weighted by Crippen LogP contribution is -2.45. The van der Waals surface area contributed by atoms with Crippen molar-refractivity contribution in [2.45, 2.75) is 32.1 Å². The van der Waals surface area contributed by atoms with Gasteiger partial charge in [0.1, 0.15) is 0 Å². The Kier molecular flexibility index (Phi) is 5.74. The normalized spacial score (nSPS) is 17.4. The number of fused-ring (bicyclic) bond motifs is 1. The van der Waals surface area contributed by atoms with E-state index in [0.717, 1.165) is 37.9 Å². The number of carbonyl (C=O) groups excluding carboxylic acids is 3. The largest absolute Gasteiger partial charge is 0.343 e. The summed E-state index contributed by atoms with van der Waals surface area (Å²) in [5, 5.41) is 0. The fourth-order valence-corrected chi connectivity index (χ4v) is 4.33. The van der Waals surface area contributed by atoms with Crippen molar-refractivity contribution >= 4 is 17.7 Å². The summed E-state index contributed by atoms with van der Waals surface area (Å²) in [7, 11) is 0. The summed E-state index contributed by atoms with van der Waals surface area (Å²) >= 11 is 0. The van der Waals surface area contributed by atoms with Crippen molar-refractivity contribution in [2.75, 3.05) is 19.6 Å². The Bertz CT molecular complexity index is 901. The van der Waals surface area contributed by atoms with Gasteiger partial charge in [-0.15, -0.1) is 0 Å². The first kappa shape index (κ1) is 19.4. The summed E-state index contributed by atoms with van der Waals surface area (Å²) in [6, 6.07) is 17.7. The van der Waals surface area contributed by atoms with Crippen LogP contribution in [-0.4, -0.2) is 47.2 Å². The fraction of sp³-hybridized carbons (Fsp3) is 0.375. The van der Waals surface area contributed by atoms with Crippen LogP contribution in [0.15, 0.2) is 54.6 Å². The van der Waals surface area contributed by atoms with E-state index >= 15 is 0 Å². The zero-order valence-corrected chi connectivity index (χ0v) is 16.5. The number of hydrogen-bond acceptors (Lipinski definition) is 3. The molecule has 0 saturated carbocycles. The lowest BCUT2D eigenvalue weighted by Gasteiger charge is -2.33. The van der Waals surface area contributed by atoms with Gasteiger partial charge in [0.2, 0.25) is 11.8 Å². The summed E-state index contributed by atoms with van der Waals surface area (Å²) in [6.07, 6.45) is 3.47. The third-order valence-electron chi connectivity index (χ3n) is 6.02. The molecule has 2 aromatic carbocycles. The molecule has 29 heavy (non-hydrogen) atoms. The molecule has 3 amide bonds. The Morgan fingerprint density at radius 1 is 0.931 bits per heavy atom. The van der Waals surface area contributed by atoms with Crippen LogP contribution >= 0.6 is 0 Å². The van der Waals surface area contributed by atoms with Gasteiger partial charge in [-0.05, 0) is 42.4 Å². The van der Waals surface area contributed by atoms with Gasteiger partial charge in [0.25, 0.3) is 5.91 Å². The topological polar surface area (TPSA) is 57.7 Å². The van der Waals surface area contributed by atoms with E-state index < -0.39 is 0 Å². The van der Waals surface area contributed by atoms with Gasteiger partial charge in [-0.2, -0.15) is 0 Å². The van der Waals surface area contributed by atoms with Crippen LogP contribution in [0.2, 0.25) is 0 Å². The molecule has 0 atom stereocenters. The standard InChI is InChI=1S/C24H26N2O3/c27-22(25-13-10-19(11-14-25)16-18-6-2-1-3-7-18)12-15-26-23(28)17-20-8-4-5-9-21(20)24(26)29/h1-9,19H,10-17H2. The maximum atomic E-state index is 12.6. The molecule has 2 aliphatic heterocycles. The van der Waals surface area contributed by atoms with Gasteiger partial charge in [0, 0.05) is 31.6 Å². The van der Waals surface area contributed by atoms with Crippen molar-refractivity contribution in [1.82, 2.24) is 9.80 Å². The van der Waals surface area contributed by atoms with E-state index in [9.17, 15) is 14.4 Å². The van der Waals surface area contributed by atoms with Crippen LogP contribution in [-0.2, 0) is 22.4 Å². The predicted octanol–water partition coefficient (Wildman–Crippen LogP) is 3.08. The number of imide groups is 1.